The average molecular weight is 342 g/mol. The zero-order valence-electron chi connectivity index (χ0n) is 15.1. The van der Waals surface area contributed by atoms with Crippen LogP contribution in [0.4, 0.5) is 0 Å². The molecule has 4 aromatic rings. The highest BCUT2D eigenvalue weighted by atomic mass is 16.5. The molecule has 0 radical (unpaired) electrons. The molecular formula is C23H22N2O. The van der Waals surface area contributed by atoms with Crippen LogP contribution >= 0.6 is 0 Å². The van der Waals surface area contributed by atoms with E-state index in [1.165, 1.54) is 16.7 Å². The van der Waals surface area contributed by atoms with Crippen molar-refractivity contribution in [2.45, 2.75) is 27.0 Å². The van der Waals surface area contributed by atoms with Gasteiger partial charge in [0.15, 0.2) is 0 Å². The van der Waals surface area contributed by atoms with Crippen LogP contribution < -0.4 is 4.74 Å². The topological polar surface area (TPSA) is 27.1 Å². The molecule has 0 fully saturated rings. The summed E-state index contributed by atoms with van der Waals surface area (Å²) in [7, 11) is 0. The molecule has 0 spiro atoms. The van der Waals surface area contributed by atoms with Gasteiger partial charge in [0.2, 0.25) is 0 Å². The molecule has 1 heterocycles. The Morgan fingerprint density at radius 2 is 1.65 bits per heavy atom. The zero-order chi connectivity index (χ0) is 17.9. The standard InChI is InChI=1S/C23H22N2O/c1-17-12-13-18(2)19(14-17)15-25-22-11-7-6-10-21(22)24-23(25)16-26-20-8-4-3-5-9-20/h3-14H,15-16H2,1-2H3. The first-order chi connectivity index (χ1) is 12.7. The Morgan fingerprint density at radius 1 is 0.885 bits per heavy atom. The van der Waals surface area contributed by atoms with E-state index in [9.17, 15) is 0 Å². The molecule has 3 nitrogen and oxygen atoms in total. The largest absolute Gasteiger partial charge is 0.486 e. The first kappa shape index (κ1) is 16.4. The molecule has 130 valence electrons. The number of aromatic nitrogens is 2. The molecule has 0 amide bonds. The van der Waals surface area contributed by atoms with Crippen molar-refractivity contribution in [3.8, 4) is 5.75 Å². The molecule has 3 heteroatoms. The maximum Gasteiger partial charge on any atom is 0.148 e. The highest BCUT2D eigenvalue weighted by molar-refractivity contribution is 5.76. The van der Waals surface area contributed by atoms with Crippen molar-refractivity contribution in [1.29, 1.82) is 0 Å². The number of para-hydroxylation sites is 3. The number of imidazole rings is 1. The second-order valence-corrected chi connectivity index (χ2v) is 6.63. The van der Waals surface area contributed by atoms with Gasteiger partial charge in [-0.25, -0.2) is 4.98 Å². The fourth-order valence-corrected chi connectivity index (χ4v) is 3.22. The highest BCUT2D eigenvalue weighted by Gasteiger charge is 2.12. The molecule has 0 atom stereocenters. The van der Waals surface area contributed by atoms with Crippen LogP contribution in [-0.2, 0) is 13.2 Å². The van der Waals surface area contributed by atoms with Crippen LogP contribution in [0.25, 0.3) is 11.0 Å². The summed E-state index contributed by atoms with van der Waals surface area (Å²) in [5, 5.41) is 0. The first-order valence-electron chi connectivity index (χ1n) is 8.89. The van der Waals surface area contributed by atoms with Crippen molar-refractivity contribution in [2.75, 3.05) is 0 Å². The Balaban J connectivity index is 1.70. The second kappa shape index (κ2) is 7.04. The minimum absolute atomic E-state index is 0.448. The summed E-state index contributed by atoms with van der Waals surface area (Å²) in [6, 6.07) is 24.8. The minimum Gasteiger partial charge on any atom is -0.486 e. The summed E-state index contributed by atoms with van der Waals surface area (Å²) in [6.45, 7) is 5.54. The number of hydrogen-bond donors (Lipinski definition) is 0. The van der Waals surface area contributed by atoms with E-state index in [4.69, 9.17) is 9.72 Å². The van der Waals surface area contributed by atoms with Gasteiger partial charge in [-0.2, -0.15) is 0 Å². The summed E-state index contributed by atoms with van der Waals surface area (Å²) in [4.78, 5) is 4.81. The molecule has 0 unspecified atom stereocenters. The lowest BCUT2D eigenvalue weighted by molar-refractivity contribution is 0.291. The minimum atomic E-state index is 0.448. The summed E-state index contributed by atoms with van der Waals surface area (Å²) >= 11 is 0. The third-order valence-electron chi connectivity index (χ3n) is 4.68. The SMILES string of the molecule is Cc1ccc(C)c(Cn2c(COc3ccccc3)nc3ccccc32)c1. The van der Waals surface area contributed by atoms with Crippen molar-refractivity contribution in [2.24, 2.45) is 0 Å². The molecule has 0 saturated heterocycles. The lowest BCUT2D eigenvalue weighted by Gasteiger charge is -2.13. The van der Waals surface area contributed by atoms with Gasteiger partial charge in [0, 0.05) is 6.54 Å². The molecule has 26 heavy (non-hydrogen) atoms. The van der Waals surface area contributed by atoms with Gasteiger partial charge in [0.1, 0.15) is 18.2 Å². The predicted molar refractivity (Wildman–Crippen MR) is 106 cm³/mol. The van der Waals surface area contributed by atoms with Crippen LogP contribution in [0.3, 0.4) is 0 Å². The van der Waals surface area contributed by atoms with E-state index in [0.717, 1.165) is 29.2 Å². The Labute approximate surface area is 153 Å². The predicted octanol–water partition coefficient (Wildman–Crippen LogP) is 5.28. The van der Waals surface area contributed by atoms with E-state index in [0.29, 0.717) is 6.61 Å². The molecule has 0 N–H and O–H groups in total. The van der Waals surface area contributed by atoms with Crippen LogP contribution in [0, 0.1) is 13.8 Å². The molecule has 0 saturated carbocycles. The number of hydrogen-bond acceptors (Lipinski definition) is 2. The molecule has 0 aliphatic heterocycles. The summed E-state index contributed by atoms with van der Waals surface area (Å²) < 4.78 is 8.23. The molecule has 0 aliphatic rings. The molecule has 0 aliphatic carbocycles. The number of fused-ring (bicyclic) bond motifs is 1. The van der Waals surface area contributed by atoms with Crippen LogP contribution in [0.5, 0.6) is 5.75 Å². The fourth-order valence-electron chi connectivity index (χ4n) is 3.22. The molecular weight excluding hydrogens is 320 g/mol. The van der Waals surface area contributed by atoms with Crippen molar-refractivity contribution in [3.63, 3.8) is 0 Å². The van der Waals surface area contributed by atoms with E-state index >= 15 is 0 Å². The Morgan fingerprint density at radius 3 is 2.50 bits per heavy atom. The highest BCUT2D eigenvalue weighted by Crippen LogP contribution is 2.21. The lowest BCUT2D eigenvalue weighted by Crippen LogP contribution is -2.09. The quantitative estimate of drug-likeness (QED) is 0.493. The maximum atomic E-state index is 5.97. The number of aryl methyl sites for hydroxylation is 2. The summed E-state index contributed by atoms with van der Waals surface area (Å²) in [6.07, 6.45) is 0. The Kier molecular flexibility index (Phi) is 4.44. The fraction of sp³-hybridized carbons (Fsp3) is 0.174. The third-order valence-corrected chi connectivity index (χ3v) is 4.68. The van der Waals surface area contributed by atoms with E-state index < -0.39 is 0 Å². The molecule has 3 aromatic carbocycles. The van der Waals surface area contributed by atoms with Gasteiger partial charge < -0.3 is 9.30 Å². The lowest BCUT2D eigenvalue weighted by atomic mass is 10.1. The maximum absolute atomic E-state index is 5.97. The number of nitrogens with zero attached hydrogens (tertiary/aromatic N) is 2. The summed E-state index contributed by atoms with van der Waals surface area (Å²) in [5.74, 6) is 1.80. The monoisotopic (exact) mass is 342 g/mol. The van der Waals surface area contributed by atoms with Crippen LogP contribution in [-0.4, -0.2) is 9.55 Å². The van der Waals surface area contributed by atoms with Crippen LogP contribution in [0.15, 0.2) is 72.8 Å². The van der Waals surface area contributed by atoms with Crippen LogP contribution in [0.1, 0.15) is 22.5 Å². The average Bonchev–Trinajstić information content (AvgIpc) is 3.01. The van der Waals surface area contributed by atoms with Crippen molar-refractivity contribution < 1.29 is 4.74 Å². The van der Waals surface area contributed by atoms with E-state index in [1.807, 2.05) is 36.4 Å². The summed E-state index contributed by atoms with van der Waals surface area (Å²) in [5.41, 5.74) is 6.03. The smallest absolute Gasteiger partial charge is 0.148 e. The van der Waals surface area contributed by atoms with Gasteiger partial charge in [-0.3, -0.25) is 0 Å². The number of rotatable bonds is 5. The first-order valence-corrected chi connectivity index (χ1v) is 8.89. The number of benzene rings is 3. The third kappa shape index (κ3) is 3.33. The van der Waals surface area contributed by atoms with Gasteiger partial charge in [-0.1, -0.05) is 54.1 Å². The Bertz CT molecular complexity index is 1030. The number of ether oxygens (including phenoxy) is 1. The van der Waals surface area contributed by atoms with E-state index in [-0.39, 0.29) is 0 Å². The molecule has 4 rings (SSSR count). The zero-order valence-corrected chi connectivity index (χ0v) is 15.1. The van der Waals surface area contributed by atoms with Crippen molar-refractivity contribution >= 4 is 11.0 Å². The Hall–Kier alpha value is -3.07. The second-order valence-electron chi connectivity index (χ2n) is 6.63. The van der Waals surface area contributed by atoms with E-state index in [2.05, 4.69) is 54.8 Å². The van der Waals surface area contributed by atoms with Crippen LogP contribution in [0.2, 0.25) is 0 Å². The molecule has 1 aromatic heterocycles. The normalized spacial score (nSPS) is 11.0. The van der Waals surface area contributed by atoms with Gasteiger partial charge in [-0.15, -0.1) is 0 Å². The van der Waals surface area contributed by atoms with Crippen molar-refractivity contribution in [1.82, 2.24) is 9.55 Å². The van der Waals surface area contributed by atoms with Gasteiger partial charge in [0.05, 0.1) is 11.0 Å². The van der Waals surface area contributed by atoms with Gasteiger partial charge >= 0.3 is 0 Å². The van der Waals surface area contributed by atoms with Crippen molar-refractivity contribution in [3.05, 3.63) is 95.3 Å². The van der Waals surface area contributed by atoms with Gasteiger partial charge in [-0.05, 0) is 49.2 Å². The molecule has 0 bridgehead atoms. The van der Waals surface area contributed by atoms with E-state index in [1.54, 1.807) is 0 Å². The van der Waals surface area contributed by atoms with Gasteiger partial charge in [0.25, 0.3) is 0 Å².